The maximum atomic E-state index is 12.7. The van der Waals surface area contributed by atoms with Gasteiger partial charge in [-0.2, -0.15) is 4.99 Å². The molecule has 2 heterocycles. The Bertz CT molecular complexity index is 1700. The average molecular weight is 637 g/mol. The first-order valence-corrected chi connectivity index (χ1v) is 15.4. The van der Waals surface area contributed by atoms with Crippen LogP contribution in [0.2, 0.25) is 0 Å². The van der Waals surface area contributed by atoms with Gasteiger partial charge in [0.1, 0.15) is 12.1 Å². The molecule has 13 heteroatoms. The first-order valence-electron chi connectivity index (χ1n) is 14.4. The Morgan fingerprint density at radius 3 is 2.64 bits per heavy atom. The maximum absolute atomic E-state index is 12.7. The topological polar surface area (TPSA) is 102 Å². The van der Waals surface area contributed by atoms with Crippen molar-refractivity contribution < 1.29 is 27.5 Å². The fourth-order valence-corrected chi connectivity index (χ4v) is 5.68. The number of hydrogen-bond acceptors (Lipinski definition) is 6. The number of aryl methyl sites for hydroxylation is 3. The van der Waals surface area contributed by atoms with Crippen LogP contribution < -0.4 is 15.0 Å². The van der Waals surface area contributed by atoms with Crippen molar-refractivity contribution >= 4 is 34.6 Å². The molecule has 1 fully saturated rings. The monoisotopic (exact) mass is 636 g/mol. The second-order valence-electron chi connectivity index (χ2n) is 10.3. The molecule has 1 saturated heterocycles. The quantitative estimate of drug-likeness (QED) is 0.191. The van der Waals surface area contributed by atoms with Crippen LogP contribution >= 0.6 is 11.8 Å². The minimum atomic E-state index is -4.75. The lowest BCUT2D eigenvalue weighted by Crippen LogP contribution is -2.32. The minimum absolute atomic E-state index is 0.0929. The highest BCUT2D eigenvalue weighted by atomic mass is 32.2. The number of hydrogen-bond donors (Lipinski definition) is 1. The van der Waals surface area contributed by atoms with Gasteiger partial charge in [0.15, 0.2) is 11.0 Å². The lowest BCUT2D eigenvalue weighted by atomic mass is 10.0. The number of unbranched alkanes of at least 4 members (excludes halogenated alkanes) is 1. The average Bonchev–Trinajstić information content (AvgIpc) is 3.64. The Morgan fingerprint density at radius 2 is 1.89 bits per heavy atom. The molecule has 0 radical (unpaired) electrons. The van der Waals surface area contributed by atoms with Gasteiger partial charge in [-0.15, -0.1) is 18.3 Å². The molecule has 0 spiro atoms. The number of nitrogens with zero attached hydrogens (tertiary/aromatic N) is 5. The molecule has 234 valence electrons. The highest BCUT2D eigenvalue weighted by Crippen LogP contribution is 2.31. The summed E-state index contributed by atoms with van der Waals surface area (Å²) in [6.45, 7) is 4.43. The fourth-order valence-electron chi connectivity index (χ4n) is 4.82. The second-order valence-corrected chi connectivity index (χ2v) is 11.3. The lowest BCUT2D eigenvalue weighted by Gasteiger charge is -2.20. The predicted octanol–water partition coefficient (Wildman–Crippen LogP) is 6.87. The highest BCUT2D eigenvalue weighted by molar-refractivity contribution is 8.15. The van der Waals surface area contributed by atoms with Crippen LogP contribution in [0, 0.1) is 6.92 Å². The molecule has 0 atom stereocenters. The summed E-state index contributed by atoms with van der Waals surface area (Å²) in [5.74, 6) is 0.315. The van der Waals surface area contributed by atoms with E-state index in [4.69, 9.17) is 0 Å². The van der Waals surface area contributed by atoms with Crippen molar-refractivity contribution in [3.63, 3.8) is 0 Å². The van der Waals surface area contributed by atoms with Crippen molar-refractivity contribution in [1.82, 2.24) is 20.1 Å². The number of thioether (sulfide) groups is 1. The fraction of sp³-hybridized carbons (Fsp3) is 0.281. The molecule has 9 nitrogen and oxygen atoms in total. The van der Waals surface area contributed by atoms with Gasteiger partial charge in [0.2, 0.25) is 5.91 Å². The van der Waals surface area contributed by atoms with Crippen molar-refractivity contribution in [3.05, 3.63) is 89.7 Å². The van der Waals surface area contributed by atoms with Crippen LogP contribution in [0.15, 0.2) is 78.0 Å². The summed E-state index contributed by atoms with van der Waals surface area (Å²) in [5.41, 5.74) is 5.24. The molecule has 0 saturated carbocycles. The van der Waals surface area contributed by atoms with E-state index in [1.807, 2.05) is 56.3 Å². The third-order valence-corrected chi connectivity index (χ3v) is 7.93. The molecule has 1 aliphatic rings. The van der Waals surface area contributed by atoms with Crippen LogP contribution in [0.5, 0.6) is 5.75 Å². The number of benzene rings is 3. The summed E-state index contributed by atoms with van der Waals surface area (Å²) in [7, 11) is 0. The van der Waals surface area contributed by atoms with Gasteiger partial charge in [0, 0.05) is 12.1 Å². The van der Waals surface area contributed by atoms with E-state index in [9.17, 15) is 22.8 Å². The zero-order valence-corrected chi connectivity index (χ0v) is 25.5. The Balaban J connectivity index is 1.12. The second kappa shape index (κ2) is 14.0. The number of amidine groups is 1. The molecule has 1 N–H and O–H groups in total. The first-order chi connectivity index (χ1) is 21.6. The molecule has 3 amide bonds. The van der Waals surface area contributed by atoms with Crippen LogP contribution in [-0.4, -0.2) is 50.5 Å². The van der Waals surface area contributed by atoms with Crippen LogP contribution in [-0.2, 0) is 17.6 Å². The summed E-state index contributed by atoms with van der Waals surface area (Å²) >= 11 is 1.26. The van der Waals surface area contributed by atoms with Crippen LogP contribution in [0.1, 0.15) is 36.5 Å². The molecule has 0 bridgehead atoms. The van der Waals surface area contributed by atoms with E-state index in [1.54, 1.807) is 4.90 Å². The highest BCUT2D eigenvalue weighted by Gasteiger charge is 2.32. The van der Waals surface area contributed by atoms with Gasteiger partial charge in [-0.05, 0) is 85.7 Å². The van der Waals surface area contributed by atoms with Gasteiger partial charge >= 0.3 is 12.4 Å². The van der Waals surface area contributed by atoms with Gasteiger partial charge in [0.25, 0.3) is 0 Å². The number of carbonyl (C=O) groups is 2. The normalized spacial score (nSPS) is 14.3. The number of ether oxygens (including phenoxy) is 1. The van der Waals surface area contributed by atoms with Crippen molar-refractivity contribution in [2.45, 2.75) is 45.9 Å². The number of urea groups is 1. The molecule has 1 aromatic heterocycles. The summed E-state index contributed by atoms with van der Waals surface area (Å²) in [6.07, 6.45) is -0.183. The van der Waals surface area contributed by atoms with E-state index in [-0.39, 0.29) is 17.4 Å². The van der Waals surface area contributed by atoms with Crippen molar-refractivity contribution in [1.29, 1.82) is 0 Å². The van der Waals surface area contributed by atoms with E-state index in [0.29, 0.717) is 23.2 Å². The van der Waals surface area contributed by atoms with Crippen LogP contribution in [0.4, 0.5) is 23.7 Å². The van der Waals surface area contributed by atoms with E-state index < -0.39 is 12.4 Å². The number of halogens is 3. The van der Waals surface area contributed by atoms with Crippen LogP contribution in [0.3, 0.4) is 0 Å². The van der Waals surface area contributed by atoms with Gasteiger partial charge in [-0.1, -0.05) is 49.0 Å². The molecule has 4 aromatic rings. The third-order valence-electron chi connectivity index (χ3n) is 7.01. The standard InChI is InChI=1S/C32H31F3N6O3S/c1-3-23-11-10-21(2)17-27(23)41-28(42)19-45-31(41)38-30(43)36-16-5-4-7-22-8-6-9-24(18-22)29-37-20-40(39-29)25-12-14-26(15-13-25)44-32(33,34)35/h6,8-15,17-18,20H,3-5,7,16,19H2,1-2H3,(H,36,43). The Hall–Kier alpha value is -4.65. The largest absolute Gasteiger partial charge is 0.573 e. The van der Waals surface area contributed by atoms with Gasteiger partial charge in [-0.3, -0.25) is 9.69 Å². The van der Waals surface area contributed by atoms with E-state index >= 15 is 0 Å². The molecule has 3 aromatic carbocycles. The number of nitrogens with one attached hydrogen (secondary N) is 1. The zero-order chi connectivity index (χ0) is 32.0. The predicted molar refractivity (Wildman–Crippen MR) is 168 cm³/mol. The lowest BCUT2D eigenvalue weighted by molar-refractivity contribution is -0.274. The third kappa shape index (κ3) is 8.29. The SMILES string of the molecule is CCc1ccc(C)cc1N1C(=O)CSC1=NC(=O)NCCCCc1cccc(-c2ncn(-c3ccc(OC(F)(F)F)cc3)n2)c1. The van der Waals surface area contributed by atoms with Crippen molar-refractivity contribution in [2.24, 2.45) is 4.99 Å². The summed E-state index contributed by atoms with van der Waals surface area (Å²) < 4.78 is 42.7. The molecule has 0 unspecified atom stereocenters. The Morgan fingerprint density at radius 1 is 1.09 bits per heavy atom. The van der Waals surface area contributed by atoms with Gasteiger partial charge < -0.3 is 10.1 Å². The number of carbonyl (C=O) groups excluding carboxylic acids is 2. The summed E-state index contributed by atoms with van der Waals surface area (Å²) in [6, 6.07) is 18.6. The number of amides is 3. The number of rotatable bonds is 10. The van der Waals surface area contributed by atoms with Crippen molar-refractivity contribution in [2.75, 3.05) is 17.2 Å². The smallest absolute Gasteiger partial charge is 0.406 e. The Kier molecular flexibility index (Phi) is 9.87. The number of aliphatic imine (C=N–C) groups is 1. The molecule has 0 aliphatic carbocycles. The zero-order valence-electron chi connectivity index (χ0n) is 24.7. The summed E-state index contributed by atoms with van der Waals surface area (Å²) in [4.78, 5) is 35.4. The van der Waals surface area contributed by atoms with Crippen LogP contribution in [0.25, 0.3) is 17.1 Å². The molecular weight excluding hydrogens is 605 g/mol. The minimum Gasteiger partial charge on any atom is -0.406 e. The van der Waals surface area contributed by atoms with Crippen molar-refractivity contribution in [3.8, 4) is 22.8 Å². The number of aromatic nitrogens is 3. The maximum Gasteiger partial charge on any atom is 0.573 e. The molecular formula is C32H31F3N6O3S. The van der Waals surface area contributed by atoms with Gasteiger partial charge in [-0.25, -0.2) is 14.5 Å². The van der Waals surface area contributed by atoms with E-state index in [0.717, 1.165) is 53.6 Å². The molecule has 45 heavy (non-hydrogen) atoms. The molecule has 5 rings (SSSR count). The number of alkyl halides is 3. The number of anilines is 1. The molecule has 1 aliphatic heterocycles. The van der Waals surface area contributed by atoms with E-state index in [2.05, 4.69) is 25.1 Å². The Labute approximate surface area is 262 Å². The van der Waals surface area contributed by atoms with Gasteiger partial charge in [0.05, 0.1) is 17.1 Å². The van der Waals surface area contributed by atoms with E-state index in [1.165, 1.54) is 47.0 Å². The first kappa shape index (κ1) is 31.8. The summed E-state index contributed by atoms with van der Waals surface area (Å²) in [5, 5.41) is 7.68.